The number of aliphatic hydroxyl groups excluding tert-OH is 1. The highest BCUT2D eigenvalue weighted by molar-refractivity contribution is 6.30. The van der Waals surface area contributed by atoms with Gasteiger partial charge in [0.05, 0.1) is 23.7 Å². The van der Waals surface area contributed by atoms with Crippen LogP contribution >= 0.6 is 11.6 Å². The van der Waals surface area contributed by atoms with Crippen LogP contribution in [-0.2, 0) is 6.61 Å². The summed E-state index contributed by atoms with van der Waals surface area (Å²) in [4.78, 5) is 3.94. The molecule has 0 unspecified atom stereocenters. The summed E-state index contributed by atoms with van der Waals surface area (Å²) in [5.74, 6) is -0.456. The first-order chi connectivity index (χ1) is 7.20. The van der Waals surface area contributed by atoms with Crippen molar-refractivity contribution in [3.8, 4) is 5.69 Å². The van der Waals surface area contributed by atoms with E-state index in [1.807, 2.05) is 0 Å². The van der Waals surface area contributed by atoms with Gasteiger partial charge in [-0.05, 0) is 18.2 Å². The van der Waals surface area contributed by atoms with Crippen LogP contribution in [-0.4, -0.2) is 14.7 Å². The summed E-state index contributed by atoms with van der Waals surface area (Å²) in [6, 6.07) is 4.38. The number of hydrogen-bond acceptors (Lipinski definition) is 2. The SMILES string of the molecule is OCc1cn(-c2ccc(F)c(Cl)c2)cn1. The molecule has 0 aliphatic rings. The fourth-order valence-electron chi connectivity index (χ4n) is 1.23. The largest absolute Gasteiger partial charge is 0.390 e. The van der Waals surface area contributed by atoms with Crippen molar-refractivity contribution < 1.29 is 9.50 Å². The van der Waals surface area contributed by atoms with Crippen LogP contribution in [0, 0.1) is 5.82 Å². The zero-order valence-electron chi connectivity index (χ0n) is 7.69. The van der Waals surface area contributed by atoms with Gasteiger partial charge in [-0.15, -0.1) is 0 Å². The van der Waals surface area contributed by atoms with Gasteiger partial charge in [0.1, 0.15) is 5.82 Å². The fraction of sp³-hybridized carbons (Fsp3) is 0.100. The molecule has 0 saturated carbocycles. The minimum atomic E-state index is -0.456. The first-order valence-corrected chi connectivity index (χ1v) is 4.67. The molecular formula is C10H8ClFN2O. The smallest absolute Gasteiger partial charge is 0.141 e. The molecule has 1 aromatic carbocycles. The Morgan fingerprint density at radius 2 is 2.27 bits per heavy atom. The number of rotatable bonds is 2. The minimum absolute atomic E-state index is 0.0618. The second kappa shape index (κ2) is 4.00. The van der Waals surface area contributed by atoms with E-state index in [1.54, 1.807) is 16.8 Å². The molecule has 0 bridgehead atoms. The van der Waals surface area contributed by atoms with Crippen LogP contribution in [0.3, 0.4) is 0 Å². The summed E-state index contributed by atoms with van der Waals surface area (Å²) in [5, 5.41) is 8.90. The third-order valence-electron chi connectivity index (χ3n) is 2.00. The molecule has 15 heavy (non-hydrogen) atoms. The predicted octanol–water partition coefficient (Wildman–Crippen LogP) is 2.16. The van der Waals surface area contributed by atoms with Crippen molar-refractivity contribution in [3.63, 3.8) is 0 Å². The molecule has 2 rings (SSSR count). The van der Waals surface area contributed by atoms with Crippen LogP contribution in [0.25, 0.3) is 5.69 Å². The maximum atomic E-state index is 12.9. The van der Waals surface area contributed by atoms with E-state index >= 15 is 0 Å². The Morgan fingerprint density at radius 1 is 1.47 bits per heavy atom. The lowest BCUT2D eigenvalue weighted by molar-refractivity contribution is 0.277. The number of nitrogens with zero attached hydrogens (tertiary/aromatic N) is 2. The Bertz CT molecular complexity index is 484. The molecule has 0 atom stereocenters. The molecule has 0 spiro atoms. The summed E-state index contributed by atoms with van der Waals surface area (Å²) in [7, 11) is 0. The Kier molecular flexibility index (Phi) is 2.70. The zero-order chi connectivity index (χ0) is 10.8. The average molecular weight is 227 g/mol. The molecule has 0 saturated heterocycles. The number of imidazole rings is 1. The van der Waals surface area contributed by atoms with Crippen molar-refractivity contribution in [3.05, 3.63) is 47.3 Å². The fourth-order valence-corrected chi connectivity index (χ4v) is 1.41. The monoisotopic (exact) mass is 226 g/mol. The molecule has 78 valence electrons. The van der Waals surface area contributed by atoms with Gasteiger partial charge < -0.3 is 9.67 Å². The Balaban J connectivity index is 2.40. The van der Waals surface area contributed by atoms with Crippen molar-refractivity contribution >= 4 is 11.6 Å². The predicted molar refractivity (Wildman–Crippen MR) is 54.5 cm³/mol. The lowest BCUT2D eigenvalue weighted by atomic mass is 10.3. The van der Waals surface area contributed by atoms with Crippen molar-refractivity contribution in [1.29, 1.82) is 0 Å². The van der Waals surface area contributed by atoms with E-state index in [9.17, 15) is 4.39 Å². The highest BCUT2D eigenvalue weighted by atomic mass is 35.5. The summed E-state index contributed by atoms with van der Waals surface area (Å²) in [5.41, 5.74) is 1.25. The van der Waals surface area contributed by atoms with E-state index in [0.717, 1.165) is 0 Å². The van der Waals surface area contributed by atoms with Crippen LogP contribution in [0.5, 0.6) is 0 Å². The Hall–Kier alpha value is -1.39. The van der Waals surface area contributed by atoms with Gasteiger partial charge in [-0.2, -0.15) is 0 Å². The van der Waals surface area contributed by atoms with E-state index in [-0.39, 0.29) is 11.6 Å². The van der Waals surface area contributed by atoms with Crippen LogP contribution in [0.2, 0.25) is 5.02 Å². The first-order valence-electron chi connectivity index (χ1n) is 4.30. The summed E-state index contributed by atoms with van der Waals surface area (Å²) in [6.45, 7) is -0.123. The second-order valence-electron chi connectivity index (χ2n) is 3.03. The van der Waals surface area contributed by atoms with E-state index in [1.165, 1.54) is 18.5 Å². The number of benzene rings is 1. The molecular weight excluding hydrogens is 219 g/mol. The minimum Gasteiger partial charge on any atom is -0.390 e. The van der Waals surface area contributed by atoms with Gasteiger partial charge in [-0.25, -0.2) is 9.37 Å². The topological polar surface area (TPSA) is 38.0 Å². The lowest BCUT2D eigenvalue weighted by Crippen LogP contribution is -1.90. The average Bonchev–Trinajstić information content (AvgIpc) is 2.70. The van der Waals surface area contributed by atoms with Gasteiger partial charge in [-0.1, -0.05) is 11.6 Å². The van der Waals surface area contributed by atoms with Gasteiger partial charge in [0.2, 0.25) is 0 Å². The molecule has 0 amide bonds. The molecule has 2 aromatic rings. The normalized spacial score (nSPS) is 10.6. The standard InChI is InChI=1S/C10H8ClFN2O/c11-9-3-8(1-2-10(9)12)14-4-7(5-15)13-6-14/h1-4,6,15H,5H2. The van der Waals surface area contributed by atoms with E-state index < -0.39 is 5.82 Å². The quantitative estimate of drug-likeness (QED) is 0.852. The van der Waals surface area contributed by atoms with Crippen molar-refractivity contribution in [2.75, 3.05) is 0 Å². The molecule has 1 N–H and O–H groups in total. The van der Waals surface area contributed by atoms with Gasteiger partial charge in [-0.3, -0.25) is 0 Å². The maximum Gasteiger partial charge on any atom is 0.141 e. The first kappa shape index (κ1) is 10.1. The van der Waals surface area contributed by atoms with Gasteiger partial charge in [0.25, 0.3) is 0 Å². The van der Waals surface area contributed by atoms with E-state index in [4.69, 9.17) is 16.7 Å². The maximum absolute atomic E-state index is 12.9. The molecule has 0 fully saturated rings. The zero-order valence-corrected chi connectivity index (χ0v) is 8.45. The van der Waals surface area contributed by atoms with Crippen molar-refractivity contribution in [2.24, 2.45) is 0 Å². The van der Waals surface area contributed by atoms with E-state index in [2.05, 4.69) is 4.98 Å². The van der Waals surface area contributed by atoms with Crippen LogP contribution < -0.4 is 0 Å². The van der Waals surface area contributed by atoms with Crippen molar-refractivity contribution in [1.82, 2.24) is 9.55 Å². The van der Waals surface area contributed by atoms with Crippen molar-refractivity contribution in [2.45, 2.75) is 6.61 Å². The second-order valence-corrected chi connectivity index (χ2v) is 3.44. The van der Waals surface area contributed by atoms with Gasteiger partial charge in [0, 0.05) is 11.9 Å². The molecule has 5 heteroatoms. The molecule has 0 aliphatic carbocycles. The highest BCUT2D eigenvalue weighted by Gasteiger charge is 2.03. The number of aliphatic hydroxyl groups is 1. The number of hydrogen-bond donors (Lipinski definition) is 1. The van der Waals surface area contributed by atoms with Crippen LogP contribution in [0.15, 0.2) is 30.7 Å². The van der Waals surface area contributed by atoms with E-state index in [0.29, 0.717) is 11.4 Å². The lowest BCUT2D eigenvalue weighted by Gasteiger charge is -2.02. The Morgan fingerprint density at radius 3 is 2.87 bits per heavy atom. The molecule has 1 aromatic heterocycles. The van der Waals surface area contributed by atoms with Crippen LogP contribution in [0.1, 0.15) is 5.69 Å². The van der Waals surface area contributed by atoms with Crippen LogP contribution in [0.4, 0.5) is 4.39 Å². The highest BCUT2D eigenvalue weighted by Crippen LogP contribution is 2.18. The number of aromatic nitrogens is 2. The number of halogens is 2. The molecule has 0 radical (unpaired) electrons. The third kappa shape index (κ3) is 2.00. The Labute approximate surface area is 90.8 Å². The van der Waals surface area contributed by atoms with Gasteiger partial charge in [0.15, 0.2) is 0 Å². The molecule has 0 aliphatic heterocycles. The van der Waals surface area contributed by atoms with Gasteiger partial charge >= 0.3 is 0 Å². The third-order valence-corrected chi connectivity index (χ3v) is 2.29. The summed E-state index contributed by atoms with van der Waals surface area (Å²) in [6.07, 6.45) is 3.19. The molecule has 3 nitrogen and oxygen atoms in total. The molecule has 1 heterocycles. The summed E-state index contributed by atoms with van der Waals surface area (Å²) >= 11 is 5.65. The summed E-state index contributed by atoms with van der Waals surface area (Å²) < 4.78 is 14.6.